The Morgan fingerprint density at radius 3 is 1.35 bits per heavy atom. The summed E-state index contributed by atoms with van der Waals surface area (Å²) in [5.41, 5.74) is 0. The van der Waals surface area contributed by atoms with Crippen molar-refractivity contribution in [3.63, 3.8) is 0 Å². The number of rotatable bonds is 8. The number of sulfone groups is 1. The fourth-order valence-electron chi connectivity index (χ4n) is 7.54. The van der Waals surface area contributed by atoms with Gasteiger partial charge in [-0.2, -0.15) is 0 Å². The quantitative estimate of drug-likeness (QED) is 0.313. The summed E-state index contributed by atoms with van der Waals surface area (Å²) in [5.74, 6) is 3.91. The van der Waals surface area contributed by atoms with E-state index in [0.29, 0.717) is 48.0 Å². The van der Waals surface area contributed by atoms with Crippen molar-refractivity contribution in [1.29, 1.82) is 0 Å². The largest absolute Gasteiger partial charge is 0.427 e. The van der Waals surface area contributed by atoms with Crippen LogP contribution in [0.15, 0.2) is 58.3 Å². The average Bonchev–Trinajstić information content (AvgIpc) is 3.67. The molecular weight excluding hydrogens is 488 g/mol. The van der Waals surface area contributed by atoms with Gasteiger partial charge in [0.1, 0.15) is 11.5 Å². The maximum absolute atomic E-state index is 13.1. The lowest BCUT2D eigenvalue weighted by Gasteiger charge is -2.20. The van der Waals surface area contributed by atoms with Gasteiger partial charge in [-0.3, -0.25) is 9.59 Å². The molecule has 2 aromatic rings. The molecule has 4 saturated carbocycles. The molecule has 4 fully saturated rings. The molecule has 0 saturated heterocycles. The summed E-state index contributed by atoms with van der Waals surface area (Å²) in [6.07, 6.45) is 10.6. The van der Waals surface area contributed by atoms with E-state index in [-0.39, 0.29) is 21.7 Å². The molecule has 0 amide bonds. The summed E-state index contributed by atoms with van der Waals surface area (Å²) < 4.78 is 37.2. The third-order valence-corrected chi connectivity index (χ3v) is 11.1. The molecule has 4 bridgehead atoms. The van der Waals surface area contributed by atoms with Gasteiger partial charge in [-0.05, 0) is 123 Å². The van der Waals surface area contributed by atoms with Crippen LogP contribution in [-0.4, -0.2) is 20.4 Å². The minimum absolute atomic E-state index is 0.112. The summed E-state index contributed by atoms with van der Waals surface area (Å²) in [4.78, 5) is 25.0. The second-order valence-electron chi connectivity index (χ2n) is 11.7. The smallest absolute Gasteiger partial charge is 0.311 e. The van der Waals surface area contributed by atoms with Crippen molar-refractivity contribution in [3.8, 4) is 11.5 Å². The van der Waals surface area contributed by atoms with Gasteiger partial charge in [0, 0.05) is 12.8 Å². The minimum atomic E-state index is -3.76. The number of carbonyl (C=O) groups is 2. The molecule has 0 radical (unpaired) electrons. The Morgan fingerprint density at radius 2 is 1.03 bits per heavy atom. The standard InChI is InChI=1S/C30H34O6S/c31-29(17-23-15-19-1-3-21(23)13-19)35-25-5-9-27(10-6-25)37(33,34)28-11-7-26(8-12-28)36-30(32)18-24-16-20-2-4-22(24)14-20/h5-12,19-24H,1-4,13-18H2/t19-,20+,21-,22+,23-,24-/m0/s1. The molecular formula is C30H34O6S. The SMILES string of the molecule is O=C(C[C@@H]1C[C@@H]2CC[C@@H]1C2)Oc1ccc(S(=O)(=O)c2ccc(OC(=O)C[C@@H]3C[C@H]4CC[C@H]3C4)cc2)cc1. The second-order valence-corrected chi connectivity index (χ2v) is 13.6. The van der Waals surface area contributed by atoms with Crippen molar-refractivity contribution < 1.29 is 27.5 Å². The average molecular weight is 523 g/mol. The van der Waals surface area contributed by atoms with Gasteiger partial charge in [0.25, 0.3) is 0 Å². The highest BCUT2D eigenvalue weighted by atomic mass is 32.2. The summed E-state index contributed by atoms with van der Waals surface area (Å²) in [6.45, 7) is 0. The third kappa shape index (κ3) is 5.20. The van der Waals surface area contributed by atoms with Crippen LogP contribution >= 0.6 is 0 Å². The first-order chi connectivity index (χ1) is 17.8. The van der Waals surface area contributed by atoms with E-state index in [4.69, 9.17) is 9.47 Å². The summed E-state index contributed by atoms with van der Waals surface area (Å²) in [5, 5.41) is 0. The van der Waals surface area contributed by atoms with Crippen molar-refractivity contribution in [2.24, 2.45) is 35.5 Å². The summed E-state index contributed by atoms with van der Waals surface area (Å²) >= 11 is 0. The van der Waals surface area contributed by atoms with E-state index in [1.807, 2.05) is 0 Å². The monoisotopic (exact) mass is 522 g/mol. The number of hydrogen-bond donors (Lipinski definition) is 0. The molecule has 0 aliphatic heterocycles. The van der Waals surface area contributed by atoms with E-state index in [9.17, 15) is 18.0 Å². The molecule has 6 rings (SSSR count). The highest BCUT2D eigenvalue weighted by Crippen LogP contribution is 2.50. The van der Waals surface area contributed by atoms with Crippen LogP contribution in [0.2, 0.25) is 0 Å². The molecule has 2 aromatic carbocycles. The van der Waals surface area contributed by atoms with Crippen molar-refractivity contribution >= 4 is 21.8 Å². The topological polar surface area (TPSA) is 86.7 Å². The molecule has 0 heterocycles. The molecule has 0 N–H and O–H groups in total. The molecule has 196 valence electrons. The number of esters is 2. The van der Waals surface area contributed by atoms with Crippen molar-refractivity contribution in [3.05, 3.63) is 48.5 Å². The van der Waals surface area contributed by atoms with Gasteiger partial charge in [-0.15, -0.1) is 0 Å². The molecule has 0 spiro atoms. The predicted octanol–water partition coefficient (Wildman–Crippen LogP) is 5.98. The molecule has 0 aromatic heterocycles. The Kier molecular flexibility index (Phi) is 6.59. The normalized spacial score (nSPS) is 29.9. The van der Waals surface area contributed by atoms with E-state index in [1.165, 1.54) is 87.1 Å². The molecule has 4 aliphatic carbocycles. The summed E-state index contributed by atoms with van der Waals surface area (Å²) in [6, 6.07) is 11.9. The van der Waals surface area contributed by atoms with E-state index in [0.717, 1.165) is 24.7 Å². The first kappa shape index (κ1) is 24.7. The van der Waals surface area contributed by atoms with Crippen LogP contribution in [-0.2, 0) is 19.4 Å². The van der Waals surface area contributed by atoms with Crippen LogP contribution in [0.4, 0.5) is 0 Å². The highest BCUT2D eigenvalue weighted by Gasteiger charge is 2.41. The zero-order chi connectivity index (χ0) is 25.6. The van der Waals surface area contributed by atoms with Crippen LogP contribution in [0.3, 0.4) is 0 Å². The lowest BCUT2D eigenvalue weighted by molar-refractivity contribution is -0.136. The van der Waals surface area contributed by atoms with Crippen LogP contribution in [0, 0.1) is 35.5 Å². The van der Waals surface area contributed by atoms with Crippen LogP contribution in [0.5, 0.6) is 11.5 Å². The maximum Gasteiger partial charge on any atom is 0.311 e. The third-order valence-electron chi connectivity index (χ3n) is 9.36. The minimum Gasteiger partial charge on any atom is -0.427 e. The molecule has 37 heavy (non-hydrogen) atoms. The second kappa shape index (κ2) is 9.90. The summed E-state index contributed by atoms with van der Waals surface area (Å²) in [7, 11) is -3.76. The molecule has 6 nitrogen and oxygen atoms in total. The van der Waals surface area contributed by atoms with Gasteiger partial charge in [-0.25, -0.2) is 8.42 Å². The van der Waals surface area contributed by atoms with Crippen LogP contribution < -0.4 is 9.47 Å². The lowest BCUT2D eigenvalue weighted by Crippen LogP contribution is -2.18. The Hall–Kier alpha value is -2.67. The Morgan fingerprint density at radius 1 is 0.622 bits per heavy atom. The van der Waals surface area contributed by atoms with Crippen molar-refractivity contribution in [2.75, 3.05) is 0 Å². The first-order valence-corrected chi connectivity index (χ1v) is 15.2. The van der Waals surface area contributed by atoms with Crippen LogP contribution in [0.25, 0.3) is 0 Å². The van der Waals surface area contributed by atoms with Gasteiger partial charge in [0.05, 0.1) is 9.79 Å². The zero-order valence-electron chi connectivity index (χ0n) is 21.0. The first-order valence-electron chi connectivity index (χ1n) is 13.7. The van der Waals surface area contributed by atoms with Gasteiger partial charge in [0.2, 0.25) is 9.84 Å². The molecule has 4 aliphatic rings. The van der Waals surface area contributed by atoms with Crippen molar-refractivity contribution in [2.45, 2.75) is 74.0 Å². The Labute approximate surface area is 218 Å². The van der Waals surface area contributed by atoms with Crippen LogP contribution in [0.1, 0.15) is 64.2 Å². The van der Waals surface area contributed by atoms with E-state index in [2.05, 4.69) is 0 Å². The molecule has 6 atom stereocenters. The fraction of sp³-hybridized carbons (Fsp3) is 0.533. The highest BCUT2D eigenvalue weighted by molar-refractivity contribution is 7.91. The van der Waals surface area contributed by atoms with Gasteiger partial charge in [-0.1, -0.05) is 12.8 Å². The van der Waals surface area contributed by atoms with E-state index < -0.39 is 9.84 Å². The number of ether oxygens (including phenoxy) is 2. The number of benzene rings is 2. The zero-order valence-corrected chi connectivity index (χ0v) is 21.8. The molecule has 7 heteroatoms. The number of carbonyl (C=O) groups excluding carboxylic acids is 2. The van der Waals surface area contributed by atoms with Gasteiger partial charge >= 0.3 is 11.9 Å². The van der Waals surface area contributed by atoms with E-state index in [1.54, 1.807) is 0 Å². The maximum atomic E-state index is 13.1. The number of hydrogen-bond acceptors (Lipinski definition) is 6. The Bertz CT molecular complexity index is 1170. The Balaban J connectivity index is 1.03. The number of fused-ring (bicyclic) bond motifs is 4. The van der Waals surface area contributed by atoms with Crippen molar-refractivity contribution in [1.82, 2.24) is 0 Å². The van der Waals surface area contributed by atoms with E-state index >= 15 is 0 Å². The van der Waals surface area contributed by atoms with Gasteiger partial charge < -0.3 is 9.47 Å². The van der Waals surface area contributed by atoms with Gasteiger partial charge in [0.15, 0.2) is 0 Å². The lowest BCUT2D eigenvalue weighted by atomic mass is 9.86. The fourth-order valence-corrected chi connectivity index (χ4v) is 8.80. The molecule has 0 unspecified atom stereocenters. The predicted molar refractivity (Wildman–Crippen MR) is 137 cm³/mol.